The standard InChI is InChI=1S/C25H25N3O4.C2H6/c1-16-19-4-2-3-5-20(19)32-23(16)25(31)10-12-28(13-11-25)22(30)9-6-17-14-18-7-8-21(29)27-24(18)26-15-17;1-2/h2-6,9,14-15,31H,7-8,10-13H2,1H3,(H,26,27,29);1-2H3/b9-6+;. The monoisotopic (exact) mass is 461 g/mol. The van der Waals surface area contributed by atoms with Gasteiger partial charge in [-0.2, -0.15) is 0 Å². The number of carbonyl (C=O) groups is 2. The van der Waals surface area contributed by atoms with Crippen molar-refractivity contribution in [1.29, 1.82) is 0 Å². The van der Waals surface area contributed by atoms with Gasteiger partial charge in [0.05, 0.1) is 0 Å². The van der Waals surface area contributed by atoms with Gasteiger partial charge in [0.1, 0.15) is 22.8 Å². The Kier molecular flexibility index (Phi) is 6.84. The van der Waals surface area contributed by atoms with Crippen LogP contribution in [-0.2, 0) is 21.6 Å². The van der Waals surface area contributed by atoms with Crippen molar-refractivity contribution in [1.82, 2.24) is 9.88 Å². The minimum atomic E-state index is -1.07. The van der Waals surface area contributed by atoms with Crippen LogP contribution in [0.2, 0.25) is 0 Å². The number of hydrogen-bond acceptors (Lipinski definition) is 5. The average molecular weight is 462 g/mol. The predicted octanol–water partition coefficient (Wildman–Crippen LogP) is 4.57. The molecule has 3 aromatic rings. The van der Waals surface area contributed by atoms with Crippen LogP contribution in [0.25, 0.3) is 17.0 Å². The Labute approximate surface area is 199 Å². The number of para-hydroxylation sites is 1. The molecule has 0 bridgehead atoms. The molecule has 5 rings (SSSR count). The zero-order chi connectivity index (χ0) is 24.3. The molecular weight excluding hydrogens is 430 g/mol. The first-order valence-corrected chi connectivity index (χ1v) is 11.9. The van der Waals surface area contributed by atoms with Crippen LogP contribution in [0, 0.1) is 6.92 Å². The number of pyridine rings is 1. The van der Waals surface area contributed by atoms with E-state index < -0.39 is 5.60 Å². The molecule has 0 aliphatic carbocycles. The summed E-state index contributed by atoms with van der Waals surface area (Å²) in [5, 5.41) is 15.0. The molecule has 0 saturated carbocycles. The average Bonchev–Trinajstić information content (AvgIpc) is 3.21. The molecule has 2 aliphatic rings. The molecule has 2 N–H and O–H groups in total. The fraction of sp³-hybridized carbons (Fsp3) is 0.370. The number of amides is 2. The molecular formula is C27H31N3O4. The van der Waals surface area contributed by atoms with E-state index in [9.17, 15) is 14.7 Å². The molecule has 1 saturated heterocycles. The fourth-order valence-electron chi connectivity index (χ4n) is 4.58. The molecule has 178 valence electrons. The lowest BCUT2D eigenvalue weighted by Crippen LogP contribution is -2.44. The van der Waals surface area contributed by atoms with Crippen LogP contribution >= 0.6 is 0 Å². The number of carbonyl (C=O) groups excluding carboxylic acids is 2. The molecule has 34 heavy (non-hydrogen) atoms. The molecule has 2 aromatic heterocycles. The third-order valence-corrected chi connectivity index (χ3v) is 6.45. The largest absolute Gasteiger partial charge is 0.458 e. The van der Waals surface area contributed by atoms with E-state index in [1.165, 1.54) is 0 Å². The summed E-state index contributed by atoms with van der Waals surface area (Å²) in [5.41, 5.74) is 2.45. The number of fused-ring (bicyclic) bond motifs is 2. The summed E-state index contributed by atoms with van der Waals surface area (Å²) in [6.45, 7) is 6.87. The topological polar surface area (TPSA) is 95.7 Å². The number of hydrogen-bond donors (Lipinski definition) is 2. The lowest BCUT2D eigenvalue weighted by molar-refractivity contribution is -0.131. The summed E-state index contributed by atoms with van der Waals surface area (Å²) in [6, 6.07) is 9.72. The number of furan rings is 1. The SMILES string of the molecule is CC.Cc1c(C2(O)CCN(C(=O)/C=C/c3cnc4c(c3)CCC(=O)N4)CC2)oc2ccccc12. The maximum atomic E-state index is 12.7. The van der Waals surface area contributed by atoms with Gasteiger partial charge in [-0.25, -0.2) is 4.98 Å². The second-order valence-electron chi connectivity index (χ2n) is 8.57. The first-order chi connectivity index (χ1) is 16.4. The van der Waals surface area contributed by atoms with E-state index in [0.29, 0.717) is 50.4 Å². The maximum absolute atomic E-state index is 12.7. The van der Waals surface area contributed by atoms with Crippen molar-refractivity contribution in [3.05, 3.63) is 65.1 Å². The van der Waals surface area contributed by atoms with Crippen LogP contribution in [0.3, 0.4) is 0 Å². The predicted molar refractivity (Wildman–Crippen MR) is 132 cm³/mol. The van der Waals surface area contributed by atoms with Gasteiger partial charge in [-0.05, 0) is 42.7 Å². The highest BCUT2D eigenvalue weighted by atomic mass is 16.4. The number of nitrogens with zero attached hydrogens (tertiary/aromatic N) is 2. The van der Waals surface area contributed by atoms with Gasteiger partial charge in [0.15, 0.2) is 0 Å². The lowest BCUT2D eigenvalue weighted by atomic mass is 9.86. The van der Waals surface area contributed by atoms with Crippen molar-refractivity contribution in [2.75, 3.05) is 18.4 Å². The van der Waals surface area contributed by atoms with E-state index in [1.807, 2.05) is 51.1 Å². The second-order valence-corrected chi connectivity index (χ2v) is 8.57. The quantitative estimate of drug-likeness (QED) is 0.557. The molecule has 0 atom stereocenters. The Morgan fingerprint density at radius 1 is 1.21 bits per heavy atom. The smallest absolute Gasteiger partial charge is 0.246 e. The second kappa shape index (κ2) is 9.81. The Morgan fingerprint density at radius 2 is 1.94 bits per heavy atom. The minimum Gasteiger partial charge on any atom is -0.458 e. The van der Waals surface area contributed by atoms with Crippen LogP contribution in [0.15, 0.2) is 47.0 Å². The van der Waals surface area contributed by atoms with E-state index in [4.69, 9.17) is 4.42 Å². The van der Waals surface area contributed by atoms with Gasteiger partial charge in [-0.3, -0.25) is 9.59 Å². The Bertz CT molecular complexity index is 1240. The number of aliphatic hydroxyl groups is 1. The van der Waals surface area contributed by atoms with Crippen molar-refractivity contribution in [2.45, 2.75) is 52.1 Å². The zero-order valence-corrected chi connectivity index (χ0v) is 19.9. The van der Waals surface area contributed by atoms with Crippen molar-refractivity contribution < 1.29 is 19.1 Å². The third-order valence-electron chi connectivity index (χ3n) is 6.45. The Balaban J connectivity index is 0.00000133. The molecule has 2 amide bonds. The van der Waals surface area contributed by atoms with Gasteiger partial charge < -0.3 is 19.7 Å². The molecule has 1 aromatic carbocycles. The normalized spacial score (nSPS) is 17.2. The van der Waals surface area contributed by atoms with Gasteiger partial charge in [0.25, 0.3) is 0 Å². The third kappa shape index (κ3) is 4.61. The highest BCUT2D eigenvalue weighted by Gasteiger charge is 2.39. The fourth-order valence-corrected chi connectivity index (χ4v) is 4.58. The summed E-state index contributed by atoms with van der Waals surface area (Å²) in [7, 11) is 0. The van der Waals surface area contributed by atoms with Gasteiger partial charge in [-0.15, -0.1) is 0 Å². The molecule has 1 fully saturated rings. The highest BCUT2D eigenvalue weighted by Crippen LogP contribution is 2.39. The number of rotatable bonds is 3. The first-order valence-electron chi connectivity index (χ1n) is 11.9. The van der Waals surface area contributed by atoms with E-state index in [1.54, 1.807) is 23.2 Å². The number of piperidine rings is 1. The number of aromatic nitrogens is 1. The summed E-state index contributed by atoms with van der Waals surface area (Å²) in [5.74, 6) is 1.08. The molecule has 2 aliphatic heterocycles. The van der Waals surface area contributed by atoms with Gasteiger partial charge in [0, 0.05) is 55.6 Å². The summed E-state index contributed by atoms with van der Waals surface area (Å²) >= 11 is 0. The Hall–Kier alpha value is -3.45. The van der Waals surface area contributed by atoms with Crippen molar-refractivity contribution in [3.63, 3.8) is 0 Å². The van der Waals surface area contributed by atoms with Crippen LogP contribution in [0.5, 0.6) is 0 Å². The first kappa shape index (κ1) is 23.7. The molecule has 7 nitrogen and oxygen atoms in total. The van der Waals surface area contributed by atoms with E-state index in [2.05, 4.69) is 10.3 Å². The maximum Gasteiger partial charge on any atom is 0.246 e. The zero-order valence-electron chi connectivity index (χ0n) is 19.9. The van der Waals surface area contributed by atoms with E-state index in [0.717, 1.165) is 27.7 Å². The molecule has 4 heterocycles. The number of aryl methyl sites for hydroxylation is 2. The van der Waals surface area contributed by atoms with Crippen LogP contribution in [0.1, 0.15) is 55.6 Å². The number of nitrogens with one attached hydrogen (secondary N) is 1. The van der Waals surface area contributed by atoms with Gasteiger partial charge in [0.2, 0.25) is 11.8 Å². The van der Waals surface area contributed by atoms with Crippen LogP contribution < -0.4 is 5.32 Å². The molecule has 7 heteroatoms. The number of likely N-dealkylation sites (tertiary alicyclic amines) is 1. The number of benzene rings is 1. The van der Waals surface area contributed by atoms with E-state index in [-0.39, 0.29) is 11.8 Å². The van der Waals surface area contributed by atoms with Crippen molar-refractivity contribution in [3.8, 4) is 0 Å². The van der Waals surface area contributed by atoms with Crippen molar-refractivity contribution >= 4 is 34.7 Å². The lowest BCUT2D eigenvalue weighted by Gasteiger charge is -2.37. The number of anilines is 1. The van der Waals surface area contributed by atoms with Crippen molar-refractivity contribution in [2.24, 2.45) is 0 Å². The minimum absolute atomic E-state index is 0.0219. The van der Waals surface area contributed by atoms with Crippen LogP contribution in [-0.4, -0.2) is 39.9 Å². The molecule has 0 unspecified atom stereocenters. The van der Waals surface area contributed by atoms with E-state index >= 15 is 0 Å². The Morgan fingerprint density at radius 3 is 2.68 bits per heavy atom. The molecule has 0 spiro atoms. The summed E-state index contributed by atoms with van der Waals surface area (Å²) in [4.78, 5) is 30.2. The molecule has 0 radical (unpaired) electrons. The van der Waals surface area contributed by atoms with Gasteiger partial charge >= 0.3 is 0 Å². The van der Waals surface area contributed by atoms with Crippen LogP contribution in [0.4, 0.5) is 5.82 Å². The van der Waals surface area contributed by atoms with Gasteiger partial charge in [-0.1, -0.05) is 32.0 Å². The highest BCUT2D eigenvalue weighted by molar-refractivity contribution is 5.94. The summed E-state index contributed by atoms with van der Waals surface area (Å²) < 4.78 is 5.99. The summed E-state index contributed by atoms with van der Waals surface area (Å²) in [6.07, 6.45) is 6.88.